The van der Waals surface area contributed by atoms with Crippen LogP contribution in [0.3, 0.4) is 0 Å². The van der Waals surface area contributed by atoms with E-state index in [-0.39, 0.29) is 11.6 Å². The quantitative estimate of drug-likeness (QED) is 0.898. The van der Waals surface area contributed by atoms with E-state index in [1.807, 2.05) is 13.0 Å². The second kappa shape index (κ2) is 5.23. The average molecular weight is 242 g/mol. The van der Waals surface area contributed by atoms with Gasteiger partial charge in [0.05, 0.1) is 29.2 Å². The van der Waals surface area contributed by atoms with E-state index in [9.17, 15) is 4.39 Å². The first-order chi connectivity index (χ1) is 8.70. The van der Waals surface area contributed by atoms with Crippen LogP contribution < -0.4 is 5.32 Å². The lowest BCUT2D eigenvalue weighted by Crippen LogP contribution is -2.09. The van der Waals surface area contributed by atoms with Crippen molar-refractivity contribution in [3.8, 4) is 6.07 Å². The van der Waals surface area contributed by atoms with Crippen molar-refractivity contribution in [3.05, 3.63) is 53.9 Å². The zero-order chi connectivity index (χ0) is 13.0. The van der Waals surface area contributed by atoms with E-state index in [0.29, 0.717) is 5.69 Å². The van der Waals surface area contributed by atoms with E-state index < -0.39 is 5.82 Å². The van der Waals surface area contributed by atoms with Crippen molar-refractivity contribution in [3.63, 3.8) is 0 Å². The lowest BCUT2D eigenvalue weighted by molar-refractivity contribution is 0.627. The highest BCUT2D eigenvalue weighted by Crippen LogP contribution is 2.21. The van der Waals surface area contributed by atoms with Crippen molar-refractivity contribution in [1.82, 2.24) is 9.97 Å². The summed E-state index contributed by atoms with van der Waals surface area (Å²) >= 11 is 0. The highest BCUT2D eigenvalue weighted by Gasteiger charge is 2.10. The molecule has 1 N–H and O–H groups in total. The zero-order valence-corrected chi connectivity index (χ0v) is 9.76. The van der Waals surface area contributed by atoms with Crippen molar-refractivity contribution in [1.29, 1.82) is 5.26 Å². The monoisotopic (exact) mass is 242 g/mol. The van der Waals surface area contributed by atoms with Gasteiger partial charge in [0, 0.05) is 12.4 Å². The summed E-state index contributed by atoms with van der Waals surface area (Å²) in [7, 11) is 0. The molecule has 1 atom stereocenters. The Labute approximate surface area is 104 Å². The van der Waals surface area contributed by atoms with Crippen LogP contribution in [-0.4, -0.2) is 9.97 Å². The Bertz CT molecular complexity index is 577. The number of nitrogens with one attached hydrogen (secondary N) is 1. The van der Waals surface area contributed by atoms with Crippen LogP contribution in [0.1, 0.15) is 24.2 Å². The average Bonchev–Trinajstić information content (AvgIpc) is 2.41. The molecule has 0 amide bonds. The summed E-state index contributed by atoms with van der Waals surface area (Å²) in [6, 6.07) is 5.89. The Kier molecular flexibility index (Phi) is 3.49. The van der Waals surface area contributed by atoms with E-state index >= 15 is 0 Å². The van der Waals surface area contributed by atoms with E-state index in [2.05, 4.69) is 15.3 Å². The number of aromatic nitrogens is 2. The molecule has 0 spiro atoms. The first kappa shape index (κ1) is 12.0. The molecule has 1 aromatic carbocycles. The fourth-order valence-corrected chi connectivity index (χ4v) is 1.58. The number of halogens is 1. The molecule has 90 valence electrons. The van der Waals surface area contributed by atoms with Crippen LogP contribution in [0.5, 0.6) is 0 Å². The van der Waals surface area contributed by atoms with Gasteiger partial charge in [-0.05, 0) is 25.1 Å². The minimum Gasteiger partial charge on any atom is -0.376 e. The van der Waals surface area contributed by atoms with Crippen molar-refractivity contribution in [2.24, 2.45) is 0 Å². The SMILES string of the molecule is CC(Nc1ccc(F)cc1C#N)c1cnccn1. The molecular formula is C13H11FN4. The van der Waals surface area contributed by atoms with Gasteiger partial charge in [-0.2, -0.15) is 5.26 Å². The van der Waals surface area contributed by atoms with Gasteiger partial charge in [-0.3, -0.25) is 9.97 Å². The minimum absolute atomic E-state index is 0.115. The molecule has 18 heavy (non-hydrogen) atoms. The number of benzene rings is 1. The fraction of sp³-hybridized carbons (Fsp3) is 0.154. The lowest BCUT2D eigenvalue weighted by atomic mass is 10.1. The molecule has 2 aromatic rings. The van der Waals surface area contributed by atoms with Crippen LogP contribution in [0.2, 0.25) is 0 Å². The summed E-state index contributed by atoms with van der Waals surface area (Å²) in [5, 5.41) is 12.1. The van der Waals surface area contributed by atoms with Crippen molar-refractivity contribution in [2.45, 2.75) is 13.0 Å². The van der Waals surface area contributed by atoms with Gasteiger partial charge in [-0.25, -0.2) is 4.39 Å². The molecular weight excluding hydrogens is 231 g/mol. The van der Waals surface area contributed by atoms with Gasteiger partial charge >= 0.3 is 0 Å². The maximum Gasteiger partial charge on any atom is 0.124 e. The number of anilines is 1. The predicted molar refractivity (Wildman–Crippen MR) is 65.2 cm³/mol. The van der Waals surface area contributed by atoms with Crippen LogP contribution in [0.15, 0.2) is 36.8 Å². The van der Waals surface area contributed by atoms with E-state index in [1.165, 1.54) is 12.1 Å². The van der Waals surface area contributed by atoms with E-state index in [1.54, 1.807) is 24.7 Å². The molecule has 0 saturated heterocycles. The smallest absolute Gasteiger partial charge is 0.124 e. The van der Waals surface area contributed by atoms with E-state index in [4.69, 9.17) is 5.26 Å². The first-order valence-corrected chi connectivity index (χ1v) is 5.43. The van der Waals surface area contributed by atoms with Gasteiger partial charge in [0.1, 0.15) is 11.9 Å². The van der Waals surface area contributed by atoms with Crippen molar-refractivity contribution >= 4 is 5.69 Å². The molecule has 0 bridgehead atoms. The molecule has 2 rings (SSSR count). The fourth-order valence-electron chi connectivity index (χ4n) is 1.58. The van der Waals surface area contributed by atoms with Crippen LogP contribution in [-0.2, 0) is 0 Å². The standard InChI is InChI=1S/C13H11FN4/c1-9(13-8-16-4-5-17-13)18-12-3-2-11(14)6-10(12)7-15/h2-6,8-9,18H,1H3. The van der Waals surface area contributed by atoms with Gasteiger partial charge in [0.25, 0.3) is 0 Å². The van der Waals surface area contributed by atoms with Gasteiger partial charge in [-0.1, -0.05) is 0 Å². The summed E-state index contributed by atoms with van der Waals surface area (Å²) in [6.45, 7) is 1.90. The number of rotatable bonds is 3. The molecule has 0 radical (unpaired) electrons. The van der Waals surface area contributed by atoms with Crippen LogP contribution in [0, 0.1) is 17.1 Å². The summed E-state index contributed by atoms with van der Waals surface area (Å²) in [6.07, 6.45) is 4.84. The molecule has 1 unspecified atom stereocenters. The maximum absolute atomic E-state index is 13.0. The van der Waals surface area contributed by atoms with Gasteiger partial charge in [0.2, 0.25) is 0 Å². The van der Waals surface area contributed by atoms with Crippen LogP contribution in [0.4, 0.5) is 10.1 Å². The summed E-state index contributed by atoms with van der Waals surface area (Å²) in [5.41, 5.74) is 1.61. The Morgan fingerprint density at radius 1 is 1.39 bits per heavy atom. The highest BCUT2D eigenvalue weighted by atomic mass is 19.1. The molecule has 0 aliphatic carbocycles. The molecule has 0 saturated carbocycles. The second-order valence-corrected chi connectivity index (χ2v) is 3.80. The summed E-state index contributed by atoms with van der Waals surface area (Å²) in [5.74, 6) is -0.427. The molecule has 1 aromatic heterocycles. The molecule has 1 heterocycles. The van der Waals surface area contributed by atoms with Crippen LogP contribution in [0.25, 0.3) is 0 Å². The van der Waals surface area contributed by atoms with Crippen molar-refractivity contribution < 1.29 is 4.39 Å². The largest absolute Gasteiger partial charge is 0.376 e. The lowest BCUT2D eigenvalue weighted by Gasteiger charge is -2.15. The molecule has 4 nitrogen and oxygen atoms in total. The molecule has 0 aliphatic rings. The minimum atomic E-state index is -0.427. The molecule has 5 heteroatoms. The third-order valence-corrected chi connectivity index (χ3v) is 2.50. The third kappa shape index (κ3) is 2.61. The first-order valence-electron chi connectivity index (χ1n) is 5.43. The van der Waals surface area contributed by atoms with Crippen molar-refractivity contribution in [2.75, 3.05) is 5.32 Å². The molecule has 0 aliphatic heterocycles. The van der Waals surface area contributed by atoms with Crippen LogP contribution >= 0.6 is 0 Å². The molecule has 0 fully saturated rings. The highest BCUT2D eigenvalue weighted by molar-refractivity contribution is 5.58. The van der Waals surface area contributed by atoms with E-state index in [0.717, 1.165) is 5.69 Å². The third-order valence-electron chi connectivity index (χ3n) is 2.50. The Morgan fingerprint density at radius 3 is 2.89 bits per heavy atom. The van der Waals surface area contributed by atoms with Gasteiger partial charge in [-0.15, -0.1) is 0 Å². The number of nitriles is 1. The Balaban J connectivity index is 2.22. The van der Waals surface area contributed by atoms with Gasteiger partial charge in [0.15, 0.2) is 0 Å². The van der Waals surface area contributed by atoms with Gasteiger partial charge < -0.3 is 5.32 Å². The normalized spacial score (nSPS) is 11.6. The second-order valence-electron chi connectivity index (χ2n) is 3.80. The number of hydrogen-bond donors (Lipinski definition) is 1. The number of hydrogen-bond acceptors (Lipinski definition) is 4. The summed E-state index contributed by atoms with van der Waals surface area (Å²) in [4.78, 5) is 8.14. The Hall–Kier alpha value is -2.48. The Morgan fingerprint density at radius 2 is 2.22 bits per heavy atom. The zero-order valence-electron chi connectivity index (χ0n) is 9.76. The topological polar surface area (TPSA) is 61.6 Å². The summed E-state index contributed by atoms with van der Waals surface area (Å²) < 4.78 is 13.0. The number of nitrogens with zero attached hydrogens (tertiary/aromatic N) is 3. The maximum atomic E-state index is 13.0. The predicted octanol–water partition coefficient (Wildman–Crippen LogP) is 2.66.